The highest BCUT2D eigenvalue weighted by molar-refractivity contribution is 5.75. The Morgan fingerprint density at radius 1 is 1.28 bits per heavy atom. The van der Waals surface area contributed by atoms with Crippen molar-refractivity contribution in [2.24, 2.45) is 11.7 Å². The zero-order valence-corrected chi connectivity index (χ0v) is 10.9. The normalized spacial score (nSPS) is 20.3. The molecular formula is C14H21N3O. The molecule has 1 aromatic rings. The molecule has 0 spiro atoms. The van der Waals surface area contributed by atoms with Gasteiger partial charge in [-0.3, -0.25) is 0 Å². The Morgan fingerprint density at radius 3 is 2.67 bits per heavy atom. The van der Waals surface area contributed by atoms with Gasteiger partial charge in [-0.05, 0) is 24.4 Å². The maximum atomic E-state index is 12.1. The van der Waals surface area contributed by atoms with Gasteiger partial charge in [-0.15, -0.1) is 0 Å². The van der Waals surface area contributed by atoms with Crippen molar-refractivity contribution < 1.29 is 4.79 Å². The fraction of sp³-hybridized carbons (Fsp3) is 0.500. The highest BCUT2D eigenvalue weighted by atomic mass is 16.2. The van der Waals surface area contributed by atoms with E-state index in [1.54, 1.807) is 4.90 Å². The van der Waals surface area contributed by atoms with Crippen molar-refractivity contribution >= 4 is 6.03 Å². The monoisotopic (exact) mass is 247 g/mol. The molecule has 2 rings (SSSR count). The molecule has 1 aliphatic heterocycles. The topological polar surface area (TPSA) is 49.6 Å². The van der Waals surface area contributed by atoms with Gasteiger partial charge < -0.3 is 15.5 Å². The second-order valence-electron chi connectivity index (χ2n) is 4.97. The number of carbonyl (C=O) groups is 1. The third kappa shape index (κ3) is 3.01. The summed E-state index contributed by atoms with van der Waals surface area (Å²) in [4.78, 5) is 15.8. The zero-order chi connectivity index (χ0) is 13.0. The first-order valence-corrected chi connectivity index (χ1v) is 6.44. The Balaban J connectivity index is 2.03. The summed E-state index contributed by atoms with van der Waals surface area (Å²) >= 11 is 0. The smallest absolute Gasteiger partial charge is 0.320 e. The zero-order valence-electron chi connectivity index (χ0n) is 10.9. The summed E-state index contributed by atoms with van der Waals surface area (Å²) in [5.74, 6) is 0.487. The summed E-state index contributed by atoms with van der Waals surface area (Å²) in [5, 5.41) is 0. The van der Waals surface area contributed by atoms with Crippen LogP contribution in [0, 0.1) is 5.92 Å². The number of carbonyl (C=O) groups excluding carboxylic acids is 1. The van der Waals surface area contributed by atoms with Gasteiger partial charge in [-0.1, -0.05) is 30.3 Å². The van der Waals surface area contributed by atoms with Gasteiger partial charge in [0.05, 0.1) is 0 Å². The van der Waals surface area contributed by atoms with E-state index < -0.39 is 0 Å². The number of benzene rings is 1. The molecule has 0 aromatic heterocycles. The molecule has 98 valence electrons. The number of nitrogens with zero attached hydrogens (tertiary/aromatic N) is 2. The van der Waals surface area contributed by atoms with Crippen LogP contribution in [0.4, 0.5) is 4.79 Å². The van der Waals surface area contributed by atoms with Crippen molar-refractivity contribution in [2.45, 2.75) is 13.0 Å². The summed E-state index contributed by atoms with van der Waals surface area (Å²) in [5.41, 5.74) is 6.79. The number of hydrogen-bond acceptors (Lipinski definition) is 2. The van der Waals surface area contributed by atoms with Crippen LogP contribution in [0.25, 0.3) is 0 Å². The van der Waals surface area contributed by atoms with Gasteiger partial charge in [0.2, 0.25) is 0 Å². The van der Waals surface area contributed by atoms with E-state index in [1.165, 1.54) is 5.56 Å². The van der Waals surface area contributed by atoms with Crippen molar-refractivity contribution in [1.29, 1.82) is 0 Å². The van der Waals surface area contributed by atoms with E-state index in [4.69, 9.17) is 5.73 Å². The van der Waals surface area contributed by atoms with Gasteiger partial charge in [0.25, 0.3) is 0 Å². The van der Waals surface area contributed by atoms with Crippen LogP contribution in [0.5, 0.6) is 0 Å². The summed E-state index contributed by atoms with van der Waals surface area (Å²) in [6.07, 6.45) is 0.975. The lowest BCUT2D eigenvalue weighted by atomic mass is 10.0. The minimum atomic E-state index is 0.118. The predicted octanol–water partition coefficient (Wildman–Crippen LogP) is 1.52. The van der Waals surface area contributed by atoms with Crippen LogP contribution in [0.1, 0.15) is 12.0 Å². The number of nitrogens with two attached hydrogens (primary N) is 1. The molecule has 0 radical (unpaired) electrons. The average Bonchev–Trinajstić information content (AvgIpc) is 2.37. The summed E-state index contributed by atoms with van der Waals surface area (Å²) in [6.45, 7) is 3.01. The number of amides is 2. The molecule has 0 bridgehead atoms. The molecule has 1 heterocycles. The molecule has 4 nitrogen and oxygen atoms in total. The molecule has 18 heavy (non-hydrogen) atoms. The van der Waals surface area contributed by atoms with Crippen LogP contribution in [0.3, 0.4) is 0 Å². The van der Waals surface area contributed by atoms with Gasteiger partial charge in [0.15, 0.2) is 0 Å². The molecule has 2 N–H and O–H groups in total. The highest BCUT2D eigenvalue weighted by Gasteiger charge is 2.28. The van der Waals surface area contributed by atoms with Crippen LogP contribution >= 0.6 is 0 Å². The predicted molar refractivity (Wildman–Crippen MR) is 72.0 cm³/mol. The van der Waals surface area contributed by atoms with Crippen molar-refractivity contribution in [3.8, 4) is 0 Å². The van der Waals surface area contributed by atoms with Crippen molar-refractivity contribution in [3.63, 3.8) is 0 Å². The first-order chi connectivity index (χ1) is 8.70. The molecular weight excluding hydrogens is 226 g/mol. The third-order valence-corrected chi connectivity index (χ3v) is 3.40. The molecule has 1 aromatic carbocycles. The quantitative estimate of drug-likeness (QED) is 0.877. The average molecular weight is 247 g/mol. The Labute approximate surface area is 108 Å². The van der Waals surface area contributed by atoms with Crippen LogP contribution in [-0.4, -0.2) is 42.5 Å². The highest BCUT2D eigenvalue weighted by Crippen LogP contribution is 2.18. The maximum absolute atomic E-state index is 12.1. The van der Waals surface area contributed by atoms with E-state index in [9.17, 15) is 4.79 Å². The summed E-state index contributed by atoms with van der Waals surface area (Å²) < 4.78 is 0. The van der Waals surface area contributed by atoms with Gasteiger partial charge >= 0.3 is 6.03 Å². The number of urea groups is 1. The van der Waals surface area contributed by atoms with E-state index in [1.807, 2.05) is 30.1 Å². The second-order valence-corrected chi connectivity index (χ2v) is 4.97. The molecule has 0 saturated carbocycles. The van der Waals surface area contributed by atoms with Crippen LogP contribution in [0.15, 0.2) is 30.3 Å². The van der Waals surface area contributed by atoms with E-state index in [0.29, 0.717) is 19.0 Å². The lowest BCUT2D eigenvalue weighted by Gasteiger charge is -2.38. The standard InChI is InChI=1S/C14H21N3O/c1-16-9-13(7-8-15)11-17(14(16)18)10-12-5-3-2-4-6-12/h2-6,13H,7-11,15H2,1H3. The summed E-state index contributed by atoms with van der Waals surface area (Å²) in [7, 11) is 1.86. The van der Waals surface area contributed by atoms with Crippen LogP contribution in [0.2, 0.25) is 0 Å². The van der Waals surface area contributed by atoms with Crippen LogP contribution < -0.4 is 5.73 Å². The fourth-order valence-electron chi connectivity index (χ4n) is 2.51. The Bertz CT molecular complexity index is 393. The fourth-order valence-corrected chi connectivity index (χ4v) is 2.51. The molecule has 1 fully saturated rings. The van der Waals surface area contributed by atoms with Crippen molar-refractivity contribution in [3.05, 3.63) is 35.9 Å². The molecule has 1 unspecified atom stereocenters. The minimum absolute atomic E-state index is 0.118. The van der Waals surface area contributed by atoms with E-state index in [0.717, 1.165) is 19.5 Å². The largest absolute Gasteiger partial charge is 0.330 e. The van der Waals surface area contributed by atoms with Gasteiger partial charge in [0.1, 0.15) is 0 Å². The minimum Gasteiger partial charge on any atom is -0.330 e. The first kappa shape index (κ1) is 12.9. The van der Waals surface area contributed by atoms with Crippen molar-refractivity contribution in [2.75, 3.05) is 26.7 Å². The van der Waals surface area contributed by atoms with Crippen LogP contribution in [-0.2, 0) is 6.54 Å². The van der Waals surface area contributed by atoms with E-state index in [-0.39, 0.29) is 6.03 Å². The SMILES string of the molecule is CN1CC(CCN)CN(Cc2ccccc2)C1=O. The maximum Gasteiger partial charge on any atom is 0.320 e. The lowest BCUT2D eigenvalue weighted by molar-refractivity contribution is 0.110. The number of rotatable bonds is 4. The molecule has 1 atom stereocenters. The Morgan fingerprint density at radius 2 is 2.00 bits per heavy atom. The van der Waals surface area contributed by atoms with Crippen molar-refractivity contribution in [1.82, 2.24) is 9.80 Å². The molecule has 0 aliphatic carbocycles. The molecule has 1 aliphatic rings. The number of hydrogen-bond donors (Lipinski definition) is 1. The van der Waals surface area contributed by atoms with Gasteiger partial charge in [-0.25, -0.2) is 4.79 Å². The Hall–Kier alpha value is -1.55. The molecule has 1 saturated heterocycles. The van der Waals surface area contributed by atoms with E-state index >= 15 is 0 Å². The van der Waals surface area contributed by atoms with E-state index in [2.05, 4.69) is 12.1 Å². The lowest BCUT2D eigenvalue weighted by Crippen LogP contribution is -2.51. The Kier molecular flexibility index (Phi) is 4.20. The van der Waals surface area contributed by atoms with Gasteiger partial charge in [0, 0.05) is 26.7 Å². The van der Waals surface area contributed by atoms with Gasteiger partial charge in [-0.2, -0.15) is 0 Å². The summed E-state index contributed by atoms with van der Waals surface area (Å²) in [6, 6.07) is 10.2. The molecule has 2 amide bonds. The second kappa shape index (κ2) is 5.87. The molecule has 4 heteroatoms. The first-order valence-electron chi connectivity index (χ1n) is 6.44. The third-order valence-electron chi connectivity index (χ3n) is 3.40.